The molecule has 0 fully saturated rings. The minimum atomic E-state index is -4.34. The maximum absolute atomic E-state index is 14.1. The monoisotopic (exact) mass is 482 g/mol. The Morgan fingerprint density at radius 2 is 0.818 bits per heavy atom. The van der Waals surface area contributed by atoms with E-state index in [4.69, 9.17) is 18.9 Å². The first-order valence-electron chi connectivity index (χ1n) is 11.3. The van der Waals surface area contributed by atoms with Gasteiger partial charge >= 0.3 is 0 Å². The quantitative estimate of drug-likeness (QED) is 0.383. The van der Waals surface area contributed by atoms with Gasteiger partial charge in [0.05, 0.1) is 26.4 Å². The lowest BCUT2D eigenvalue weighted by Gasteiger charge is -2.20. The van der Waals surface area contributed by atoms with Crippen LogP contribution in [0.15, 0.2) is 34.1 Å². The van der Waals surface area contributed by atoms with E-state index in [0.29, 0.717) is 25.7 Å². The summed E-state index contributed by atoms with van der Waals surface area (Å²) in [4.78, 5) is -0.453. The number of aromatic hydroxyl groups is 2. The van der Waals surface area contributed by atoms with Gasteiger partial charge in [-0.15, -0.1) is 0 Å². The topological polar surface area (TPSA) is 112 Å². The molecule has 8 nitrogen and oxygen atoms in total. The molecule has 0 saturated heterocycles. The molecule has 0 amide bonds. The van der Waals surface area contributed by atoms with E-state index < -0.39 is 9.84 Å². The van der Waals surface area contributed by atoms with Crippen molar-refractivity contribution >= 4 is 9.84 Å². The Labute approximate surface area is 196 Å². The first-order valence-corrected chi connectivity index (χ1v) is 12.8. The van der Waals surface area contributed by atoms with E-state index >= 15 is 0 Å². The van der Waals surface area contributed by atoms with Gasteiger partial charge in [-0.3, -0.25) is 0 Å². The summed E-state index contributed by atoms with van der Waals surface area (Å²) in [5, 5.41) is 20.4. The van der Waals surface area contributed by atoms with E-state index in [9.17, 15) is 18.6 Å². The van der Waals surface area contributed by atoms with Gasteiger partial charge in [0, 0.05) is 24.3 Å². The van der Waals surface area contributed by atoms with Crippen LogP contribution in [0.25, 0.3) is 0 Å². The fourth-order valence-corrected chi connectivity index (χ4v) is 4.77. The molecule has 0 spiro atoms. The predicted octanol–water partition coefficient (Wildman–Crippen LogP) is 5.09. The number of phenols is 2. The second-order valence-electron chi connectivity index (χ2n) is 7.44. The number of benzene rings is 2. The van der Waals surface area contributed by atoms with Gasteiger partial charge in [-0.1, -0.05) is 27.7 Å². The number of ether oxygens (including phenoxy) is 4. The van der Waals surface area contributed by atoms with Gasteiger partial charge in [0.2, 0.25) is 9.84 Å². The normalized spacial score (nSPS) is 11.3. The van der Waals surface area contributed by atoms with Crippen molar-refractivity contribution in [3.05, 3.63) is 24.3 Å². The van der Waals surface area contributed by atoms with Gasteiger partial charge in [-0.2, -0.15) is 0 Å². The summed E-state index contributed by atoms with van der Waals surface area (Å²) in [6.07, 6.45) is 2.54. The van der Waals surface area contributed by atoms with E-state index in [-0.39, 0.29) is 70.7 Å². The van der Waals surface area contributed by atoms with Crippen LogP contribution in [0.1, 0.15) is 53.4 Å². The Morgan fingerprint density at radius 1 is 0.576 bits per heavy atom. The fourth-order valence-electron chi connectivity index (χ4n) is 3.03. The third-order valence-electron chi connectivity index (χ3n) is 4.40. The average Bonchev–Trinajstić information content (AvgIpc) is 2.77. The van der Waals surface area contributed by atoms with Gasteiger partial charge in [-0.05, 0) is 25.7 Å². The van der Waals surface area contributed by atoms with Crippen molar-refractivity contribution in [2.45, 2.75) is 63.2 Å². The minimum absolute atomic E-state index is 0.0288. The molecular weight excluding hydrogens is 448 g/mol. The summed E-state index contributed by atoms with van der Waals surface area (Å²) in [6, 6.07) is 5.00. The lowest BCUT2D eigenvalue weighted by Crippen LogP contribution is -2.13. The zero-order valence-corrected chi connectivity index (χ0v) is 20.5. The molecule has 2 aromatic rings. The molecule has 0 unspecified atom stereocenters. The summed E-state index contributed by atoms with van der Waals surface area (Å²) < 4.78 is 51.1. The highest BCUT2D eigenvalue weighted by molar-refractivity contribution is 7.92. The van der Waals surface area contributed by atoms with E-state index in [0.717, 1.165) is 0 Å². The van der Waals surface area contributed by atoms with Crippen molar-refractivity contribution in [1.82, 2.24) is 0 Å². The number of hydrogen-bond donors (Lipinski definition) is 2. The summed E-state index contributed by atoms with van der Waals surface area (Å²) in [5.74, 6) is -0.473. The Balaban J connectivity index is 2.83. The molecule has 33 heavy (non-hydrogen) atoms. The zero-order chi connectivity index (χ0) is 24.4. The molecule has 184 valence electrons. The molecule has 9 heteroatoms. The van der Waals surface area contributed by atoms with Gasteiger partial charge < -0.3 is 29.2 Å². The third kappa shape index (κ3) is 6.60. The van der Waals surface area contributed by atoms with Gasteiger partial charge in [0.15, 0.2) is 9.79 Å². The van der Waals surface area contributed by atoms with E-state index in [1.165, 1.54) is 24.3 Å². The van der Waals surface area contributed by atoms with Crippen LogP contribution in [0.4, 0.5) is 0 Å². The molecule has 2 N–H and O–H groups in total. The molecule has 0 saturated carbocycles. The molecule has 0 aromatic heterocycles. The second-order valence-corrected chi connectivity index (χ2v) is 9.26. The van der Waals surface area contributed by atoms with Crippen molar-refractivity contribution in [2.75, 3.05) is 26.4 Å². The summed E-state index contributed by atoms with van der Waals surface area (Å²) in [5.41, 5.74) is 0. The number of phenolic OH excluding ortho intramolecular Hbond substituents is 2. The standard InChI is InChI=1S/C24H34O8S/c1-5-9-29-19-13-17(25)14-20(30-10-6-2)23(19)33(27,28)24-21(31-11-7-3)15-18(26)16-22(24)32-12-8-4/h13-16,25-26H,5-12H2,1-4H3. The van der Waals surface area contributed by atoms with Crippen LogP contribution in [-0.2, 0) is 9.84 Å². The van der Waals surface area contributed by atoms with Crippen LogP contribution in [0.3, 0.4) is 0 Å². The maximum Gasteiger partial charge on any atom is 0.221 e. The van der Waals surface area contributed by atoms with Crippen molar-refractivity contribution in [1.29, 1.82) is 0 Å². The highest BCUT2D eigenvalue weighted by Crippen LogP contribution is 2.47. The molecule has 0 heterocycles. The van der Waals surface area contributed by atoms with Gasteiger partial charge in [-0.25, -0.2) is 8.42 Å². The summed E-state index contributed by atoms with van der Waals surface area (Å²) in [7, 11) is -4.34. The average molecular weight is 483 g/mol. The molecule has 0 bridgehead atoms. The van der Waals surface area contributed by atoms with Crippen LogP contribution >= 0.6 is 0 Å². The van der Waals surface area contributed by atoms with Crippen molar-refractivity contribution in [2.24, 2.45) is 0 Å². The van der Waals surface area contributed by atoms with Crippen LogP contribution in [-0.4, -0.2) is 45.1 Å². The largest absolute Gasteiger partial charge is 0.508 e. The smallest absolute Gasteiger partial charge is 0.221 e. The number of rotatable bonds is 14. The minimum Gasteiger partial charge on any atom is -0.508 e. The Bertz CT molecular complexity index is 884. The molecule has 2 rings (SSSR count). The highest BCUT2D eigenvalue weighted by Gasteiger charge is 2.35. The van der Waals surface area contributed by atoms with Crippen molar-refractivity contribution in [3.63, 3.8) is 0 Å². The fraction of sp³-hybridized carbons (Fsp3) is 0.500. The predicted molar refractivity (Wildman–Crippen MR) is 125 cm³/mol. The number of hydrogen-bond acceptors (Lipinski definition) is 8. The van der Waals surface area contributed by atoms with Crippen LogP contribution < -0.4 is 18.9 Å². The van der Waals surface area contributed by atoms with Crippen LogP contribution in [0.2, 0.25) is 0 Å². The Kier molecular flexibility index (Phi) is 9.96. The van der Waals surface area contributed by atoms with E-state index in [1.807, 2.05) is 27.7 Å². The lowest BCUT2D eigenvalue weighted by molar-refractivity contribution is 0.279. The van der Waals surface area contributed by atoms with E-state index in [1.54, 1.807) is 0 Å². The van der Waals surface area contributed by atoms with E-state index in [2.05, 4.69) is 0 Å². The molecule has 0 aliphatic heterocycles. The maximum atomic E-state index is 14.1. The Hall–Kier alpha value is -2.81. The zero-order valence-electron chi connectivity index (χ0n) is 19.7. The van der Waals surface area contributed by atoms with Crippen molar-refractivity contribution in [3.8, 4) is 34.5 Å². The van der Waals surface area contributed by atoms with Gasteiger partial charge in [0.25, 0.3) is 0 Å². The summed E-state index contributed by atoms with van der Waals surface area (Å²) in [6.45, 7) is 8.52. The summed E-state index contributed by atoms with van der Waals surface area (Å²) >= 11 is 0. The third-order valence-corrected chi connectivity index (χ3v) is 6.27. The van der Waals surface area contributed by atoms with Crippen LogP contribution in [0, 0.1) is 0 Å². The SMILES string of the molecule is CCCOc1cc(O)cc(OCCC)c1S(=O)(=O)c1c(OCCC)cc(O)cc1OCCC. The first kappa shape index (κ1) is 26.4. The molecule has 0 aliphatic carbocycles. The molecule has 0 radical (unpaired) electrons. The van der Waals surface area contributed by atoms with Crippen molar-refractivity contribution < 1.29 is 37.6 Å². The lowest BCUT2D eigenvalue weighted by atomic mass is 10.3. The van der Waals surface area contributed by atoms with Gasteiger partial charge in [0.1, 0.15) is 34.5 Å². The molecule has 2 aromatic carbocycles. The second kappa shape index (κ2) is 12.4. The molecule has 0 aliphatic rings. The molecular formula is C24H34O8S. The first-order chi connectivity index (χ1) is 15.8. The number of sulfone groups is 1. The Morgan fingerprint density at radius 3 is 1.03 bits per heavy atom. The molecule has 0 atom stereocenters. The highest BCUT2D eigenvalue weighted by atomic mass is 32.2. The van der Waals surface area contributed by atoms with Crippen LogP contribution in [0.5, 0.6) is 34.5 Å².